The minimum absolute atomic E-state index is 0.0352. The Morgan fingerprint density at radius 1 is 1.12 bits per heavy atom. The van der Waals surface area contributed by atoms with Crippen LogP contribution in [-0.4, -0.2) is 24.6 Å². The molecule has 2 aromatic rings. The van der Waals surface area contributed by atoms with Gasteiger partial charge < -0.3 is 14.8 Å². The number of halogens is 3. The zero-order valence-corrected chi connectivity index (χ0v) is 14.3. The molecule has 8 heteroatoms. The van der Waals surface area contributed by atoms with Crippen LogP contribution in [0.5, 0.6) is 11.5 Å². The molecule has 0 spiro atoms. The van der Waals surface area contributed by atoms with E-state index in [-0.39, 0.29) is 5.69 Å². The number of carbonyl (C=O) groups is 1. The Hall–Kier alpha value is -2.35. The van der Waals surface area contributed by atoms with Crippen LogP contribution in [0, 0.1) is 0 Å². The summed E-state index contributed by atoms with van der Waals surface area (Å²) in [7, 11) is 1.55. The van der Waals surface area contributed by atoms with Crippen molar-refractivity contribution < 1.29 is 27.4 Å². The molecule has 4 nitrogen and oxygen atoms in total. The molecule has 2 aromatic carbocycles. The van der Waals surface area contributed by atoms with E-state index in [4.69, 9.17) is 4.74 Å². The van der Waals surface area contributed by atoms with Gasteiger partial charge in [-0.2, -0.15) is 0 Å². The number of ether oxygens (including phenoxy) is 2. The van der Waals surface area contributed by atoms with Crippen LogP contribution in [0.1, 0.15) is 6.92 Å². The zero-order valence-electron chi connectivity index (χ0n) is 13.5. The summed E-state index contributed by atoms with van der Waals surface area (Å²) in [4.78, 5) is 13.1. The Morgan fingerprint density at radius 2 is 1.76 bits per heavy atom. The van der Waals surface area contributed by atoms with Crippen LogP contribution in [0.25, 0.3) is 0 Å². The summed E-state index contributed by atoms with van der Waals surface area (Å²) >= 11 is 1.28. The molecule has 0 fully saturated rings. The van der Waals surface area contributed by atoms with Gasteiger partial charge in [-0.15, -0.1) is 24.9 Å². The minimum Gasteiger partial charge on any atom is -0.497 e. The van der Waals surface area contributed by atoms with E-state index in [0.717, 1.165) is 11.0 Å². The Balaban J connectivity index is 2.03. The van der Waals surface area contributed by atoms with Crippen molar-refractivity contribution in [1.29, 1.82) is 0 Å². The topological polar surface area (TPSA) is 47.6 Å². The molecule has 1 amide bonds. The van der Waals surface area contributed by atoms with Crippen LogP contribution < -0.4 is 14.8 Å². The molecular weight excluding hydrogens is 355 g/mol. The number of methoxy groups -OCH3 is 1. The van der Waals surface area contributed by atoms with E-state index in [2.05, 4.69) is 10.1 Å². The predicted molar refractivity (Wildman–Crippen MR) is 90.1 cm³/mol. The summed E-state index contributed by atoms with van der Waals surface area (Å²) in [6.07, 6.45) is -4.83. The van der Waals surface area contributed by atoms with Crippen molar-refractivity contribution in [3.8, 4) is 11.5 Å². The Morgan fingerprint density at radius 3 is 2.36 bits per heavy atom. The predicted octanol–water partition coefficient (Wildman–Crippen LogP) is 4.71. The highest BCUT2D eigenvalue weighted by atomic mass is 32.2. The summed E-state index contributed by atoms with van der Waals surface area (Å²) < 4.78 is 46.2. The number of carbonyl (C=O) groups excluding carboxylic acids is 1. The van der Waals surface area contributed by atoms with Gasteiger partial charge in [0.05, 0.1) is 18.0 Å². The average molecular weight is 371 g/mol. The van der Waals surface area contributed by atoms with E-state index in [1.807, 2.05) is 0 Å². The van der Waals surface area contributed by atoms with Gasteiger partial charge in [0.25, 0.3) is 0 Å². The molecule has 0 aliphatic carbocycles. The number of anilines is 1. The maximum absolute atomic E-state index is 12.4. The molecule has 134 valence electrons. The quantitative estimate of drug-likeness (QED) is 0.747. The Bertz CT molecular complexity index is 720. The van der Waals surface area contributed by atoms with Gasteiger partial charge in [0.15, 0.2) is 5.75 Å². The Kier molecular flexibility index (Phi) is 6.19. The van der Waals surface area contributed by atoms with Crippen LogP contribution in [0.3, 0.4) is 0 Å². The van der Waals surface area contributed by atoms with E-state index in [9.17, 15) is 18.0 Å². The van der Waals surface area contributed by atoms with E-state index in [1.165, 1.54) is 30.0 Å². The molecule has 2 rings (SSSR count). The van der Waals surface area contributed by atoms with Crippen molar-refractivity contribution in [1.82, 2.24) is 0 Å². The fourth-order valence-electron chi connectivity index (χ4n) is 1.93. The fraction of sp³-hybridized carbons (Fsp3) is 0.235. The van der Waals surface area contributed by atoms with E-state index in [1.54, 1.807) is 38.3 Å². The largest absolute Gasteiger partial charge is 0.573 e. The molecule has 1 unspecified atom stereocenters. The van der Waals surface area contributed by atoms with Crippen LogP contribution in [0.15, 0.2) is 53.4 Å². The number of nitrogens with one attached hydrogen (secondary N) is 1. The van der Waals surface area contributed by atoms with E-state index < -0.39 is 23.3 Å². The van der Waals surface area contributed by atoms with Gasteiger partial charge in [0, 0.05) is 4.90 Å². The molecule has 0 bridgehead atoms. The van der Waals surface area contributed by atoms with E-state index in [0.29, 0.717) is 5.75 Å². The van der Waals surface area contributed by atoms with Gasteiger partial charge in [0.2, 0.25) is 5.91 Å². The van der Waals surface area contributed by atoms with E-state index >= 15 is 0 Å². The fourth-order valence-corrected chi connectivity index (χ4v) is 2.80. The number of para-hydroxylation sites is 2. The molecule has 1 N–H and O–H groups in total. The Labute approximate surface area is 147 Å². The number of benzene rings is 2. The van der Waals surface area contributed by atoms with Gasteiger partial charge in [0.1, 0.15) is 5.75 Å². The molecule has 0 radical (unpaired) electrons. The second-order valence-corrected chi connectivity index (χ2v) is 6.38. The van der Waals surface area contributed by atoms with Crippen molar-refractivity contribution >= 4 is 23.4 Å². The average Bonchev–Trinajstić information content (AvgIpc) is 2.56. The minimum atomic E-state index is -4.83. The highest BCUT2D eigenvalue weighted by Gasteiger charge is 2.32. The van der Waals surface area contributed by atoms with Gasteiger partial charge in [-0.3, -0.25) is 4.79 Å². The molecule has 0 saturated carbocycles. The molecule has 0 aromatic heterocycles. The first-order chi connectivity index (χ1) is 11.8. The normalized spacial score (nSPS) is 12.4. The summed E-state index contributed by atoms with van der Waals surface area (Å²) in [6.45, 7) is 1.66. The first-order valence-corrected chi connectivity index (χ1v) is 8.13. The maximum atomic E-state index is 12.4. The van der Waals surface area contributed by atoms with Crippen molar-refractivity contribution in [2.24, 2.45) is 0 Å². The second-order valence-electron chi connectivity index (χ2n) is 4.97. The summed E-state index contributed by atoms with van der Waals surface area (Å²) in [6, 6.07) is 12.5. The standard InChI is InChI=1S/C17H16F3NO3S/c1-11(25-13-9-7-12(23-2)8-10-13)16(22)21-14-5-3-4-6-15(14)24-17(18,19)20/h3-11H,1-2H3,(H,21,22). The smallest absolute Gasteiger partial charge is 0.497 e. The van der Waals surface area contributed by atoms with Crippen molar-refractivity contribution in [3.05, 3.63) is 48.5 Å². The molecule has 0 aliphatic heterocycles. The molecule has 0 aliphatic rings. The summed E-state index contributed by atoms with van der Waals surface area (Å²) in [5, 5.41) is 1.95. The lowest BCUT2D eigenvalue weighted by Gasteiger charge is -2.16. The van der Waals surface area contributed by atoms with Crippen molar-refractivity contribution in [3.63, 3.8) is 0 Å². The number of hydrogen-bond acceptors (Lipinski definition) is 4. The highest BCUT2D eigenvalue weighted by Crippen LogP contribution is 2.31. The summed E-state index contributed by atoms with van der Waals surface area (Å²) in [5.74, 6) is -0.191. The molecular formula is C17H16F3NO3S. The lowest BCUT2D eigenvalue weighted by atomic mass is 10.3. The van der Waals surface area contributed by atoms with Crippen LogP contribution in [0.2, 0.25) is 0 Å². The maximum Gasteiger partial charge on any atom is 0.573 e. The molecule has 25 heavy (non-hydrogen) atoms. The number of thioether (sulfide) groups is 1. The molecule has 1 atom stereocenters. The SMILES string of the molecule is COc1ccc(SC(C)C(=O)Nc2ccccc2OC(F)(F)F)cc1. The van der Waals surface area contributed by atoms with Gasteiger partial charge >= 0.3 is 6.36 Å². The number of hydrogen-bond donors (Lipinski definition) is 1. The number of amides is 1. The number of alkyl halides is 3. The van der Waals surface area contributed by atoms with Crippen LogP contribution in [-0.2, 0) is 4.79 Å². The molecule has 0 heterocycles. The zero-order chi connectivity index (χ0) is 18.4. The first kappa shape index (κ1) is 19.0. The van der Waals surface area contributed by atoms with Crippen molar-refractivity contribution in [2.45, 2.75) is 23.4 Å². The van der Waals surface area contributed by atoms with Gasteiger partial charge in [-0.05, 0) is 43.3 Å². The lowest BCUT2D eigenvalue weighted by Crippen LogP contribution is -2.24. The van der Waals surface area contributed by atoms with Crippen LogP contribution >= 0.6 is 11.8 Å². The number of rotatable bonds is 6. The third kappa shape index (κ3) is 5.90. The van der Waals surface area contributed by atoms with Gasteiger partial charge in [-0.25, -0.2) is 0 Å². The third-order valence-corrected chi connectivity index (χ3v) is 4.22. The lowest BCUT2D eigenvalue weighted by molar-refractivity contribution is -0.274. The molecule has 0 saturated heterocycles. The van der Waals surface area contributed by atoms with Crippen molar-refractivity contribution in [2.75, 3.05) is 12.4 Å². The first-order valence-electron chi connectivity index (χ1n) is 7.25. The van der Waals surface area contributed by atoms with Gasteiger partial charge in [-0.1, -0.05) is 12.1 Å². The highest BCUT2D eigenvalue weighted by molar-refractivity contribution is 8.00. The second kappa shape index (κ2) is 8.15. The monoisotopic (exact) mass is 371 g/mol. The van der Waals surface area contributed by atoms with Crippen LogP contribution in [0.4, 0.5) is 18.9 Å². The summed E-state index contributed by atoms with van der Waals surface area (Å²) in [5.41, 5.74) is -0.0352. The third-order valence-electron chi connectivity index (χ3n) is 3.11.